The van der Waals surface area contributed by atoms with Gasteiger partial charge in [0.25, 0.3) is 0 Å². The Hall–Kier alpha value is -2.00. The van der Waals surface area contributed by atoms with Crippen LogP contribution >= 0.6 is 0 Å². The Morgan fingerprint density at radius 1 is 0.952 bits per heavy atom. The van der Waals surface area contributed by atoms with Crippen LogP contribution in [0.1, 0.15) is 24.5 Å². The van der Waals surface area contributed by atoms with Gasteiger partial charge in [-0.05, 0) is 35.7 Å². The molecule has 0 radical (unpaired) electrons. The fourth-order valence-corrected chi connectivity index (χ4v) is 2.13. The van der Waals surface area contributed by atoms with E-state index in [1.54, 1.807) is 0 Å². The van der Waals surface area contributed by atoms with E-state index in [9.17, 15) is 0 Å². The van der Waals surface area contributed by atoms with Gasteiger partial charge in [0.05, 0.1) is 13.2 Å². The fourth-order valence-electron chi connectivity index (χ4n) is 2.13. The van der Waals surface area contributed by atoms with Crippen LogP contribution in [0.25, 0.3) is 0 Å². The Morgan fingerprint density at radius 2 is 1.76 bits per heavy atom. The first-order valence-corrected chi connectivity index (χ1v) is 7.46. The van der Waals surface area contributed by atoms with E-state index in [2.05, 4.69) is 13.0 Å². The van der Waals surface area contributed by atoms with Crippen molar-refractivity contribution in [1.82, 2.24) is 0 Å². The molecule has 0 aliphatic carbocycles. The smallest absolute Gasteiger partial charge is 0.122 e. The average Bonchev–Trinajstić information content (AvgIpc) is 2.55. The molecule has 0 saturated carbocycles. The highest BCUT2D eigenvalue weighted by atomic mass is 16.5. The number of hydrogen-bond donors (Lipinski definition) is 1. The number of ether oxygens (including phenoxy) is 2. The summed E-state index contributed by atoms with van der Waals surface area (Å²) in [5.41, 5.74) is 7.94. The lowest BCUT2D eigenvalue weighted by Crippen LogP contribution is -2.06. The zero-order chi connectivity index (χ0) is 14.9. The van der Waals surface area contributed by atoms with Crippen molar-refractivity contribution >= 4 is 0 Å². The van der Waals surface area contributed by atoms with E-state index in [0.29, 0.717) is 19.8 Å². The maximum atomic E-state index is 5.81. The van der Waals surface area contributed by atoms with E-state index in [1.165, 1.54) is 5.56 Å². The van der Waals surface area contributed by atoms with Crippen molar-refractivity contribution in [3.63, 3.8) is 0 Å². The second-order valence-corrected chi connectivity index (χ2v) is 4.86. The molecule has 0 aromatic heterocycles. The molecule has 3 nitrogen and oxygen atoms in total. The van der Waals surface area contributed by atoms with Gasteiger partial charge >= 0.3 is 0 Å². The van der Waals surface area contributed by atoms with Gasteiger partial charge < -0.3 is 15.2 Å². The van der Waals surface area contributed by atoms with E-state index < -0.39 is 0 Å². The lowest BCUT2D eigenvalue weighted by molar-refractivity contribution is 0.246. The summed E-state index contributed by atoms with van der Waals surface area (Å²) in [7, 11) is 0. The first-order valence-electron chi connectivity index (χ1n) is 7.46. The largest absolute Gasteiger partial charge is 0.493 e. The number of nitrogens with two attached hydrogens (primary N) is 1. The highest BCUT2D eigenvalue weighted by Gasteiger charge is 2.00. The van der Waals surface area contributed by atoms with E-state index in [1.807, 2.05) is 42.5 Å². The third-order valence-electron chi connectivity index (χ3n) is 3.30. The Balaban J connectivity index is 1.72. The highest BCUT2D eigenvalue weighted by Crippen LogP contribution is 2.18. The molecule has 21 heavy (non-hydrogen) atoms. The van der Waals surface area contributed by atoms with Crippen LogP contribution in [0.15, 0.2) is 48.5 Å². The van der Waals surface area contributed by atoms with Gasteiger partial charge in [0.2, 0.25) is 0 Å². The first-order chi connectivity index (χ1) is 10.3. The summed E-state index contributed by atoms with van der Waals surface area (Å²) in [6, 6.07) is 16.1. The van der Waals surface area contributed by atoms with Gasteiger partial charge in [0.15, 0.2) is 0 Å². The summed E-state index contributed by atoms with van der Waals surface area (Å²) in [5, 5.41) is 0. The molecule has 0 bridgehead atoms. The quantitative estimate of drug-likeness (QED) is 0.754. The topological polar surface area (TPSA) is 44.5 Å². The average molecular weight is 285 g/mol. The van der Waals surface area contributed by atoms with Gasteiger partial charge in [-0.25, -0.2) is 0 Å². The van der Waals surface area contributed by atoms with Crippen LogP contribution in [-0.2, 0) is 13.0 Å². The number of para-hydroxylation sites is 1. The Bertz CT molecular complexity index is 554. The van der Waals surface area contributed by atoms with E-state index >= 15 is 0 Å². The molecule has 3 heteroatoms. The van der Waals surface area contributed by atoms with Crippen molar-refractivity contribution in [3.05, 3.63) is 59.7 Å². The molecule has 0 spiro atoms. The van der Waals surface area contributed by atoms with Crippen LogP contribution in [0.4, 0.5) is 0 Å². The highest BCUT2D eigenvalue weighted by molar-refractivity contribution is 5.33. The molecule has 0 aliphatic heterocycles. The van der Waals surface area contributed by atoms with Crippen LogP contribution in [0, 0.1) is 0 Å². The van der Waals surface area contributed by atoms with Crippen molar-refractivity contribution in [2.45, 2.75) is 26.3 Å². The third-order valence-corrected chi connectivity index (χ3v) is 3.30. The lowest BCUT2D eigenvalue weighted by atomic mass is 10.1. The van der Waals surface area contributed by atoms with Gasteiger partial charge in [-0.3, -0.25) is 0 Å². The predicted octanol–water partition coefficient (Wildman–Crippen LogP) is 3.56. The lowest BCUT2D eigenvalue weighted by Gasteiger charge is -2.11. The maximum Gasteiger partial charge on any atom is 0.122 e. The summed E-state index contributed by atoms with van der Waals surface area (Å²) in [4.78, 5) is 0. The molecule has 0 unspecified atom stereocenters. The summed E-state index contributed by atoms with van der Waals surface area (Å²) < 4.78 is 11.5. The summed E-state index contributed by atoms with van der Waals surface area (Å²) in [6.45, 7) is 3.97. The summed E-state index contributed by atoms with van der Waals surface area (Å²) >= 11 is 0. The van der Waals surface area contributed by atoms with E-state index in [0.717, 1.165) is 29.9 Å². The molecule has 2 aromatic rings. The molecule has 0 heterocycles. The molecule has 0 amide bonds. The van der Waals surface area contributed by atoms with Crippen molar-refractivity contribution in [2.75, 3.05) is 13.2 Å². The first kappa shape index (κ1) is 15.4. The third kappa shape index (κ3) is 4.80. The number of aryl methyl sites for hydroxylation is 1. The van der Waals surface area contributed by atoms with Crippen molar-refractivity contribution in [1.29, 1.82) is 0 Å². The van der Waals surface area contributed by atoms with E-state index in [4.69, 9.17) is 15.2 Å². The predicted molar refractivity (Wildman–Crippen MR) is 85.8 cm³/mol. The fraction of sp³-hybridized carbons (Fsp3) is 0.333. The zero-order valence-corrected chi connectivity index (χ0v) is 12.5. The van der Waals surface area contributed by atoms with Crippen molar-refractivity contribution in [3.8, 4) is 11.5 Å². The molecule has 0 aliphatic rings. The SMILES string of the molecule is CCc1ccccc1OCCCOc1cccc(CN)c1. The summed E-state index contributed by atoms with van der Waals surface area (Å²) in [6.07, 6.45) is 1.84. The molecular formula is C18H23NO2. The van der Waals surface area contributed by atoms with Crippen molar-refractivity contribution < 1.29 is 9.47 Å². The minimum atomic E-state index is 0.536. The molecule has 0 fully saturated rings. The molecule has 2 N–H and O–H groups in total. The van der Waals surface area contributed by atoms with Crippen LogP contribution in [0.2, 0.25) is 0 Å². The molecular weight excluding hydrogens is 262 g/mol. The van der Waals surface area contributed by atoms with Gasteiger partial charge in [0.1, 0.15) is 11.5 Å². The van der Waals surface area contributed by atoms with Crippen LogP contribution in [0.5, 0.6) is 11.5 Å². The normalized spacial score (nSPS) is 10.4. The molecule has 0 atom stereocenters. The minimum Gasteiger partial charge on any atom is -0.493 e. The second kappa shape index (κ2) is 8.32. The van der Waals surface area contributed by atoms with Crippen molar-refractivity contribution in [2.24, 2.45) is 5.73 Å². The van der Waals surface area contributed by atoms with E-state index in [-0.39, 0.29) is 0 Å². The molecule has 2 aromatic carbocycles. The maximum absolute atomic E-state index is 5.81. The van der Waals surface area contributed by atoms with Crippen LogP contribution in [0.3, 0.4) is 0 Å². The number of hydrogen-bond acceptors (Lipinski definition) is 3. The zero-order valence-electron chi connectivity index (χ0n) is 12.5. The van der Waals surface area contributed by atoms with Gasteiger partial charge in [0, 0.05) is 13.0 Å². The monoisotopic (exact) mass is 285 g/mol. The Morgan fingerprint density at radius 3 is 2.57 bits per heavy atom. The molecule has 2 rings (SSSR count). The summed E-state index contributed by atoms with van der Waals surface area (Å²) in [5.74, 6) is 1.84. The standard InChI is InChI=1S/C18H23NO2/c1-2-16-8-3-4-10-18(16)21-12-6-11-20-17-9-5-7-15(13-17)14-19/h3-5,7-10,13H,2,6,11-12,14,19H2,1H3. The Kier molecular flexibility index (Phi) is 6.10. The number of rotatable bonds is 8. The molecule has 112 valence electrons. The van der Waals surface area contributed by atoms with Crippen LogP contribution < -0.4 is 15.2 Å². The number of benzene rings is 2. The van der Waals surface area contributed by atoms with Crippen LogP contribution in [-0.4, -0.2) is 13.2 Å². The molecule has 0 saturated heterocycles. The Labute approximate surface area is 126 Å². The van der Waals surface area contributed by atoms with Gasteiger partial charge in [-0.1, -0.05) is 37.3 Å². The van der Waals surface area contributed by atoms with Gasteiger partial charge in [-0.2, -0.15) is 0 Å². The van der Waals surface area contributed by atoms with Gasteiger partial charge in [-0.15, -0.1) is 0 Å². The second-order valence-electron chi connectivity index (χ2n) is 4.86. The minimum absolute atomic E-state index is 0.536.